The Hall–Kier alpha value is -0.760. The minimum absolute atomic E-state index is 0.604. The fourth-order valence-corrected chi connectivity index (χ4v) is 1.58. The molecule has 2 nitrogen and oxygen atoms in total. The second kappa shape index (κ2) is 4.99. The molecule has 0 bridgehead atoms. The molecule has 0 spiro atoms. The molecule has 0 saturated carbocycles. The number of hydrogen-bond acceptors (Lipinski definition) is 2. The van der Waals surface area contributed by atoms with Crippen molar-refractivity contribution in [2.24, 2.45) is 0 Å². The van der Waals surface area contributed by atoms with Crippen molar-refractivity contribution in [1.29, 1.82) is 0 Å². The van der Waals surface area contributed by atoms with Gasteiger partial charge in [0, 0.05) is 25.7 Å². The van der Waals surface area contributed by atoms with Gasteiger partial charge in [-0.15, -0.1) is 6.58 Å². The molecule has 0 radical (unpaired) electrons. The monoisotopic (exact) mass is 166 g/mol. The van der Waals surface area contributed by atoms with Crippen LogP contribution in [0.1, 0.15) is 13.3 Å². The van der Waals surface area contributed by atoms with Gasteiger partial charge in [0.2, 0.25) is 0 Å². The Bertz CT molecular complexity index is 163. The van der Waals surface area contributed by atoms with E-state index in [0.29, 0.717) is 6.04 Å². The lowest BCUT2D eigenvalue weighted by Gasteiger charge is -2.34. The summed E-state index contributed by atoms with van der Waals surface area (Å²) in [6.07, 6.45) is 7.34. The first-order chi connectivity index (χ1) is 5.88. The molecule has 1 aliphatic heterocycles. The van der Waals surface area contributed by atoms with Gasteiger partial charge in [-0.05, 0) is 19.5 Å². The fourth-order valence-electron chi connectivity index (χ4n) is 1.58. The summed E-state index contributed by atoms with van der Waals surface area (Å²) in [7, 11) is 0. The molecule has 0 aromatic rings. The molecule has 1 fully saturated rings. The average Bonchev–Trinajstić information content (AvgIpc) is 2.09. The molecule has 1 saturated heterocycles. The van der Waals surface area contributed by atoms with Gasteiger partial charge in [0.1, 0.15) is 0 Å². The van der Waals surface area contributed by atoms with Crippen molar-refractivity contribution < 1.29 is 0 Å². The third kappa shape index (κ3) is 2.38. The summed E-state index contributed by atoms with van der Waals surface area (Å²) in [5.41, 5.74) is 0. The van der Waals surface area contributed by atoms with Crippen LogP contribution in [0.3, 0.4) is 0 Å². The minimum Gasteiger partial charge on any atom is -0.372 e. The molecule has 0 amide bonds. The smallest absolute Gasteiger partial charge is 0.0443 e. The largest absolute Gasteiger partial charge is 0.372 e. The van der Waals surface area contributed by atoms with Crippen LogP contribution in [0.25, 0.3) is 0 Å². The number of rotatable bonds is 3. The third-order valence-electron chi connectivity index (χ3n) is 2.18. The SMILES string of the molecule is C=CCC1CNCCN1/C=C/C. The quantitative estimate of drug-likeness (QED) is 0.637. The van der Waals surface area contributed by atoms with Crippen molar-refractivity contribution >= 4 is 0 Å². The molecule has 0 aromatic heterocycles. The summed E-state index contributed by atoms with van der Waals surface area (Å²) in [6.45, 7) is 9.12. The maximum atomic E-state index is 3.77. The molecule has 1 unspecified atom stereocenters. The molecule has 0 aromatic carbocycles. The van der Waals surface area contributed by atoms with Crippen LogP contribution in [-0.4, -0.2) is 30.6 Å². The highest BCUT2D eigenvalue weighted by molar-refractivity contribution is 4.92. The standard InChI is InChI=1S/C10H18N2/c1-3-5-10-9-11-6-8-12(10)7-4-2/h3-4,7,10-11H,1,5-6,8-9H2,2H3/b7-4+. The van der Waals surface area contributed by atoms with E-state index < -0.39 is 0 Å². The van der Waals surface area contributed by atoms with Crippen LogP contribution < -0.4 is 5.32 Å². The van der Waals surface area contributed by atoms with E-state index in [1.807, 2.05) is 6.08 Å². The van der Waals surface area contributed by atoms with Crippen molar-refractivity contribution in [2.75, 3.05) is 19.6 Å². The maximum absolute atomic E-state index is 3.77. The number of nitrogens with one attached hydrogen (secondary N) is 1. The van der Waals surface area contributed by atoms with Crippen LogP contribution in [0.2, 0.25) is 0 Å². The number of allylic oxidation sites excluding steroid dienone is 1. The summed E-state index contributed by atoms with van der Waals surface area (Å²) >= 11 is 0. The number of nitrogens with zero attached hydrogens (tertiary/aromatic N) is 1. The van der Waals surface area contributed by atoms with Crippen LogP contribution in [0.5, 0.6) is 0 Å². The van der Waals surface area contributed by atoms with E-state index in [2.05, 4.69) is 36.0 Å². The lowest BCUT2D eigenvalue weighted by molar-refractivity contribution is 0.229. The van der Waals surface area contributed by atoms with Crippen LogP contribution >= 0.6 is 0 Å². The molecule has 0 aliphatic carbocycles. The van der Waals surface area contributed by atoms with Gasteiger partial charge in [0.25, 0.3) is 0 Å². The molecule has 1 rings (SSSR count). The fraction of sp³-hybridized carbons (Fsp3) is 0.600. The zero-order chi connectivity index (χ0) is 8.81. The molecule has 2 heteroatoms. The highest BCUT2D eigenvalue weighted by Crippen LogP contribution is 2.07. The van der Waals surface area contributed by atoms with E-state index >= 15 is 0 Å². The van der Waals surface area contributed by atoms with Gasteiger partial charge in [-0.3, -0.25) is 0 Å². The van der Waals surface area contributed by atoms with Crippen molar-refractivity contribution in [2.45, 2.75) is 19.4 Å². The van der Waals surface area contributed by atoms with Crippen LogP contribution in [0, 0.1) is 0 Å². The van der Waals surface area contributed by atoms with Crippen molar-refractivity contribution in [3.8, 4) is 0 Å². The van der Waals surface area contributed by atoms with Crippen molar-refractivity contribution in [3.63, 3.8) is 0 Å². The minimum atomic E-state index is 0.604. The average molecular weight is 166 g/mol. The normalized spacial score (nSPS) is 24.8. The van der Waals surface area contributed by atoms with E-state index in [0.717, 1.165) is 26.1 Å². The summed E-state index contributed by atoms with van der Waals surface area (Å²) < 4.78 is 0. The van der Waals surface area contributed by atoms with Gasteiger partial charge >= 0.3 is 0 Å². The predicted molar refractivity (Wildman–Crippen MR) is 53.0 cm³/mol. The van der Waals surface area contributed by atoms with E-state index in [4.69, 9.17) is 0 Å². The Kier molecular flexibility index (Phi) is 3.88. The van der Waals surface area contributed by atoms with Crippen molar-refractivity contribution in [1.82, 2.24) is 10.2 Å². The highest BCUT2D eigenvalue weighted by Gasteiger charge is 2.16. The predicted octanol–water partition coefficient (Wildman–Crippen LogP) is 1.37. The van der Waals surface area contributed by atoms with Gasteiger partial charge in [-0.1, -0.05) is 12.2 Å². The summed E-state index contributed by atoms with van der Waals surface area (Å²) in [6, 6.07) is 0.604. The topological polar surface area (TPSA) is 15.3 Å². The first-order valence-electron chi connectivity index (χ1n) is 4.58. The van der Waals surface area contributed by atoms with Gasteiger partial charge in [-0.2, -0.15) is 0 Å². The summed E-state index contributed by atoms with van der Waals surface area (Å²) in [5, 5.41) is 3.38. The first kappa shape index (κ1) is 9.33. The Balaban J connectivity index is 2.47. The summed E-state index contributed by atoms with van der Waals surface area (Å²) in [5.74, 6) is 0. The second-order valence-corrected chi connectivity index (χ2v) is 3.10. The second-order valence-electron chi connectivity index (χ2n) is 3.10. The molecule has 68 valence electrons. The Labute approximate surface area is 74.9 Å². The van der Waals surface area contributed by atoms with E-state index in [1.165, 1.54) is 0 Å². The number of hydrogen-bond donors (Lipinski definition) is 1. The lowest BCUT2D eigenvalue weighted by Crippen LogP contribution is -2.48. The van der Waals surface area contributed by atoms with Gasteiger partial charge in [0.15, 0.2) is 0 Å². The van der Waals surface area contributed by atoms with Crippen LogP contribution in [-0.2, 0) is 0 Å². The zero-order valence-electron chi connectivity index (χ0n) is 7.79. The maximum Gasteiger partial charge on any atom is 0.0443 e. The molecular weight excluding hydrogens is 148 g/mol. The molecule has 1 N–H and O–H groups in total. The van der Waals surface area contributed by atoms with E-state index in [-0.39, 0.29) is 0 Å². The summed E-state index contributed by atoms with van der Waals surface area (Å²) in [4.78, 5) is 2.39. The third-order valence-corrected chi connectivity index (χ3v) is 2.18. The molecular formula is C10H18N2. The van der Waals surface area contributed by atoms with Crippen LogP contribution in [0.15, 0.2) is 24.9 Å². The molecule has 1 aliphatic rings. The van der Waals surface area contributed by atoms with Crippen molar-refractivity contribution in [3.05, 3.63) is 24.9 Å². The highest BCUT2D eigenvalue weighted by atomic mass is 15.2. The van der Waals surface area contributed by atoms with Crippen LogP contribution in [0.4, 0.5) is 0 Å². The zero-order valence-corrected chi connectivity index (χ0v) is 7.79. The molecule has 1 atom stereocenters. The first-order valence-corrected chi connectivity index (χ1v) is 4.58. The lowest BCUT2D eigenvalue weighted by atomic mass is 10.1. The molecule has 12 heavy (non-hydrogen) atoms. The number of piperazine rings is 1. The van der Waals surface area contributed by atoms with E-state index in [1.54, 1.807) is 0 Å². The van der Waals surface area contributed by atoms with Gasteiger partial charge < -0.3 is 10.2 Å². The Morgan fingerprint density at radius 2 is 2.50 bits per heavy atom. The Morgan fingerprint density at radius 1 is 1.67 bits per heavy atom. The van der Waals surface area contributed by atoms with Gasteiger partial charge in [-0.25, -0.2) is 0 Å². The molecule has 1 heterocycles. The van der Waals surface area contributed by atoms with E-state index in [9.17, 15) is 0 Å². The van der Waals surface area contributed by atoms with Gasteiger partial charge in [0.05, 0.1) is 0 Å². The Morgan fingerprint density at radius 3 is 3.17 bits per heavy atom.